The van der Waals surface area contributed by atoms with Crippen molar-refractivity contribution in [1.29, 1.82) is 0 Å². The number of fused-ring (bicyclic) bond motifs is 1. The number of hydrogen-bond acceptors (Lipinski definition) is 3. The molecule has 1 atom stereocenters. The van der Waals surface area contributed by atoms with Crippen LogP contribution in [0, 0.1) is 10.1 Å². The van der Waals surface area contributed by atoms with Crippen LogP contribution in [0.3, 0.4) is 0 Å². The van der Waals surface area contributed by atoms with Gasteiger partial charge in [0.05, 0.1) is 11.0 Å². The summed E-state index contributed by atoms with van der Waals surface area (Å²) in [6.45, 7) is 0. The van der Waals surface area contributed by atoms with E-state index in [0.717, 1.165) is 12.8 Å². The third kappa shape index (κ3) is 2.45. The zero-order valence-electron chi connectivity index (χ0n) is 12.2. The van der Waals surface area contributed by atoms with Crippen LogP contribution in [0.5, 0.6) is 0 Å². The average molecular weight is 296 g/mol. The summed E-state index contributed by atoms with van der Waals surface area (Å²) >= 11 is 0. The van der Waals surface area contributed by atoms with Gasteiger partial charge in [0.2, 0.25) is 0 Å². The number of benzene rings is 2. The lowest BCUT2D eigenvalue weighted by Gasteiger charge is -2.25. The van der Waals surface area contributed by atoms with Crippen LogP contribution in [0.1, 0.15) is 33.9 Å². The first-order valence-corrected chi connectivity index (χ1v) is 7.17. The van der Waals surface area contributed by atoms with E-state index < -0.39 is 4.92 Å². The Morgan fingerprint density at radius 3 is 2.77 bits per heavy atom. The standard InChI is InChI=1S/C17H16N2O3/c1-18(16-10-9-12-5-2-3-8-15(12)16)17(20)13-6-4-7-14(11-13)19(21)22/h2-8,11,16H,9-10H2,1H3. The maximum Gasteiger partial charge on any atom is 0.270 e. The van der Waals surface area contributed by atoms with Gasteiger partial charge < -0.3 is 4.90 Å². The zero-order valence-corrected chi connectivity index (χ0v) is 12.2. The van der Waals surface area contributed by atoms with Crippen molar-refractivity contribution in [3.05, 3.63) is 75.3 Å². The first-order chi connectivity index (χ1) is 10.6. The van der Waals surface area contributed by atoms with Gasteiger partial charge in [0.1, 0.15) is 0 Å². The van der Waals surface area contributed by atoms with Gasteiger partial charge in [-0.05, 0) is 30.0 Å². The molecule has 22 heavy (non-hydrogen) atoms. The molecule has 0 spiro atoms. The van der Waals surface area contributed by atoms with Gasteiger partial charge in [-0.1, -0.05) is 30.3 Å². The smallest absolute Gasteiger partial charge is 0.270 e. The fourth-order valence-corrected chi connectivity index (χ4v) is 3.03. The lowest BCUT2D eigenvalue weighted by atomic mass is 10.1. The molecule has 3 rings (SSSR count). The molecular weight excluding hydrogens is 280 g/mol. The van der Waals surface area contributed by atoms with Crippen LogP contribution in [0.2, 0.25) is 0 Å². The lowest BCUT2D eigenvalue weighted by molar-refractivity contribution is -0.384. The molecule has 5 nitrogen and oxygen atoms in total. The van der Waals surface area contributed by atoms with Gasteiger partial charge in [0.25, 0.3) is 11.6 Å². The molecule has 0 fully saturated rings. The Morgan fingerprint density at radius 2 is 2.00 bits per heavy atom. The highest BCUT2D eigenvalue weighted by Crippen LogP contribution is 2.35. The topological polar surface area (TPSA) is 63.5 Å². The maximum absolute atomic E-state index is 12.6. The first-order valence-electron chi connectivity index (χ1n) is 7.17. The van der Waals surface area contributed by atoms with E-state index in [4.69, 9.17) is 0 Å². The summed E-state index contributed by atoms with van der Waals surface area (Å²) in [4.78, 5) is 24.7. The van der Waals surface area contributed by atoms with Crippen molar-refractivity contribution in [1.82, 2.24) is 4.90 Å². The van der Waals surface area contributed by atoms with Gasteiger partial charge in [-0.25, -0.2) is 0 Å². The van der Waals surface area contributed by atoms with E-state index >= 15 is 0 Å². The summed E-state index contributed by atoms with van der Waals surface area (Å²) in [5, 5.41) is 10.8. The monoisotopic (exact) mass is 296 g/mol. The van der Waals surface area contributed by atoms with Crippen molar-refractivity contribution in [3.8, 4) is 0 Å². The van der Waals surface area contributed by atoms with E-state index in [1.54, 1.807) is 24.1 Å². The molecule has 0 heterocycles. The van der Waals surface area contributed by atoms with Crippen LogP contribution < -0.4 is 0 Å². The average Bonchev–Trinajstić information content (AvgIpc) is 2.97. The molecule has 1 unspecified atom stereocenters. The molecule has 0 aliphatic heterocycles. The number of amides is 1. The van der Waals surface area contributed by atoms with Crippen molar-refractivity contribution in [2.45, 2.75) is 18.9 Å². The van der Waals surface area contributed by atoms with Crippen molar-refractivity contribution in [2.24, 2.45) is 0 Å². The fraction of sp³-hybridized carbons (Fsp3) is 0.235. The number of hydrogen-bond donors (Lipinski definition) is 0. The maximum atomic E-state index is 12.6. The second-order valence-corrected chi connectivity index (χ2v) is 5.48. The molecular formula is C17H16N2O3. The third-order valence-electron chi connectivity index (χ3n) is 4.19. The molecule has 0 radical (unpaired) electrons. The van der Waals surface area contributed by atoms with Gasteiger partial charge >= 0.3 is 0 Å². The minimum Gasteiger partial charge on any atom is -0.335 e. The fourth-order valence-electron chi connectivity index (χ4n) is 3.03. The predicted octanol–water partition coefficient (Wildman–Crippen LogP) is 3.35. The lowest BCUT2D eigenvalue weighted by Crippen LogP contribution is -2.30. The van der Waals surface area contributed by atoms with Crippen LogP contribution in [-0.4, -0.2) is 22.8 Å². The van der Waals surface area contributed by atoms with E-state index in [9.17, 15) is 14.9 Å². The Bertz CT molecular complexity index is 742. The van der Waals surface area contributed by atoms with Crippen molar-refractivity contribution < 1.29 is 9.72 Å². The molecule has 1 amide bonds. The molecule has 0 aromatic heterocycles. The largest absolute Gasteiger partial charge is 0.335 e. The number of aryl methyl sites for hydroxylation is 1. The molecule has 112 valence electrons. The Labute approximate surface area is 128 Å². The van der Waals surface area contributed by atoms with Gasteiger partial charge in [-0.3, -0.25) is 14.9 Å². The number of nitro benzene ring substituents is 1. The first kappa shape index (κ1) is 14.3. The minimum atomic E-state index is -0.484. The molecule has 0 saturated heterocycles. The van der Waals surface area contributed by atoms with Crippen LogP contribution in [-0.2, 0) is 6.42 Å². The molecule has 5 heteroatoms. The van der Waals surface area contributed by atoms with E-state index in [-0.39, 0.29) is 17.6 Å². The van der Waals surface area contributed by atoms with E-state index in [2.05, 4.69) is 6.07 Å². The summed E-state index contributed by atoms with van der Waals surface area (Å²) in [5.74, 6) is -0.189. The Morgan fingerprint density at radius 1 is 1.23 bits per heavy atom. The molecule has 0 N–H and O–H groups in total. The number of nitrogens with zero attached hydrogens (tertiary/aromatic N) is 2. The van der Waals surface area contributed by atoms with E-state index in [1.807, 2.05) is 18.2 Å². The summed E-state index contributed by atoms with van der Waals surface area (Å²) < 4.78 is 0. The highest BCUT2D eigenvalue weighted by Gasteiger charge is 2.29. The Balaban J connectivity index is 1.87. The number of non-ortho nitro benzene ring substituents is 1. The van der Waals surface area contributed by atoms with Crippen LogP contribution in [0.15, 0.2) is 48.5 Å². The van der Waals surface area contributed by atoms with Gasteiger partial charge in [0, 0.05) is 24.7 Å². The van der Waals surface area contributed by atoms with Gasteiger partial charge in [-0.15, -0.1) is 0 Å². The number of rotatable bonds is 3. The van der Waals surface area contributed by atoms with Crippen LogP contribution >= 0.6 is 0 Å². The zero-order chi connectivity index (χ0) is 15.7. The van der Waals surface area contributed by atoms with Crippen LogP contribution in [0.25, 0.3) is 0 Å². The van der Waals surface area contributed by atoms with E-state index in [1.165, 1.54) is 23.3 Å². The van der Waals surface area contributed by atoms with Crippen LogP contribution in [0.4, 0.5) is 5.69 Å². The van der Waals surface area contributed by atoms with Gasteiger partial charge in [0.15, 0.2) is 0 Å². The molecule has 2 aromatic carbocycles. The van der Waals surface area contributed by atoms with Crippen molar-refractivity contribution >= 4 is 11.6 Å². The van der Waals surface area contributed by atoms with E-state index in [0.29, 0.717) is 5.56 Å². The molecule has 1 aliphatic carbocycles. The summed E-state index contributed by atoms with van der Waals surface area (Å²) in [6, 6.07) is 14.0. The molecule has 0 saturated carbocycles. The highest BCUT2D eigenvalue weighted by molar-refractivity contribution is 5.95. The van der Waals surface area contributed by atoms with Gasteiger partial charge in [-0.2, -0.15) is 0 Å². The Kier molecular flexibility index (Phi) is 3.63. The number of nitro groups is 1. The third-order valence-corrected chi connectivity index (χ3v) is 4.19. The highest BCUT2D eigenvalue weighted by atomic mass is 16.6. The normalized spacial score (nSPS) is 16.1. The summed E-state index contributed by atoms with van der Waals surface area (Å²) in [7, 11) is 1.76. The summed E-state index contributed by atoms with van der Waals surface area (Å²) in [5.41, 5.74) is 2.72. The molecule has 1 aliphatic rings. The molecule has 2 aromatic rings. The SMILES string of the molecule is CN(C(=O)c1cccc([N+](=O)[O-])c1)C1CCc2ccccc21. The molecule has 0 bridgehead atoms. The second-order valence-electron chi connectivity index (χ2n) is 5.48. The Hall–Kier alpha value is -2.69. The van der Waals surface area contributed by atoms with Crippen molar-refractivity contribution in [3.63, 3.8) is 0 Å². The van der Waals surface area contributed by atoms with Crippen molar-refractivity contribution in [2.75, 3.05) is 7.05 Å². The minimum absolute atomic E-state index is 0.0305. The number of carbonyl (C=O) groups is 1. The summed E-state index contributed by atoms with van der Waals surface area (Å²) in [6.07, 6.45) is 1.84. The quantitative estimate of drug-likeness (QED) is 0.644. The predicted molar refractivity (Wildman–Crippen MR) is 82.7 cm³/mol. The second kappa shape index (κ2) is 5.60. The number of carbonyl (C=O) groups excluding carboxylic acids is 1.